The lowest BCUT2D eigenvalue weighted by atomic mass is 9.84. The van der Waals surface area contributed by atoms with Crippen molar-refractivity contribution in [2.24, 2.45) is 11.1 Å². The van der Waals surface area contributed by atoms with Gasteiger partial charge in [-0.2, -0.15) is 0 Å². The molecule has 0 amide bonds. The Morgan fingerprint density at radius 1 is 1.38 bits per heavy atom. The fraction of sp³-hybridized carbons (Fsp3) is 0.588. The predicted octanol–water partition coefficient (Wildman–Crippen LogP) is 3.21. The Balaban J connectivity index is 1.76. The van der Waals surface area contributed by atoms with E-state index in [0.717, 1.165) is 24.3 Å². The summed E-state index contributed by atoms with van der Waals surface area (Å²) in [6, 6.07) is 7.71. The largest absolute Gasteiger partial charge is 0.493 e. The van der Waals surface area contributed by atoms with Crippen LogP contribution >= 0.6 is 12.2 Å². The summed E-state index contributed by atoms with van der Waals surface area (Å²) in [5.74, 6) is 0.795. The second kappa shape index (κ2) is 7.23. The van der Waals surface area contributed by atoms with Crippen molar-refractivity contribution in [1.82, 2.24) is 4.90 Å². The van der Waals surface area contributed by atoms with Crippen molar-refractivity contribution in [2.75, 3.05) is 26.2 Å². The number of hydrogen-bond donors (Lipinski definition) is 1. The molecule has 3 nitrogen and oxygen atoms in total. The first kappa shape index (κ1) is 16.2. The number of para-hydroxylation sites is 1. The summed E-state index contributed by atoms with van der Waals surface area (Å²) < 4.78 is 5.85. The van der Waals surface area contributed by atoms with Crippen LogP contribution in [0.15, 0.2) is 24.3 Å². The summed E-state index contributed by atoms with van der Waals surface area (Å²) >= 11 is 5.05. The highest BCUT2D eigenvalue weighted by Gasteiger charge is 2.25. The zero-order valence-corrected chi connectivity index (χ0v) is 13.9. The number of likely N-dealkylation sites (tertiary alicyclic amines) is 1. The van der Waals surface area contributed by atoms with Crippen LogP contribution in [0.1, 0.15) is 38.7 Å². The molecule has 2 rings (SSSR count). The Bertz CT molecular complexity index is 487. The maximum Gasteiger partial charge on any atom is 0.129 e. The molecule has 1 heterocycles. The lowest BCUT2D eigenvalue weighted by Crippen LogP contribution is -2.40. The third-order valence-corrected chi connectivity index (χ3v) is 4.23. The lowest BCUT2D eigenvalue weighted by molar-refractivity contribution is 0.111. The average Bonchev–Trinajstić information content (AvgIpc) is 2.43. The van der Waals surface area contributed by atoms with Crippen LogP contribution < -0.4 is 10.5 Å². The highest BCUT2D eigenvalue weighted by Crippen LogP contribution is 2.28. The summed E-state index contributed by atoms with van der Waals surface area (Å²) in [5.41, 5.74) is 6.99. The number of thiocarbonyl (C=S) groups is 1. The van der Waals surface area contributed by atoms with Gasteiger partial charge in [0.15, 0.2) is 0 Å². The second-order valence-corrected chi connectivity index (χ2v) is 7.05. The van der Waals surface area contributed by atoms with Crippen LogP contribution in [0.25, 0.3) is 0 Å². The van der Waals surface area contributed by atoms with Gasteiger partial charge < -0.3 is 15.4 Å². The summed E-state index contributed by atoms with van der Waals surface area (Å²) in [5, 5.41) is 0. The molecule has 1 aromatic carbocycles. The maximum absolute atomic E-state index is 5.85. The van der Waals surface area contributed by atoms with Gasteiger partial charge in [0.25, 0.3) is 0 Å². The smallest absolute Gasteiger partial charge is 0.129 e. The summed E-state index contributed by atoms with van der Waals surface area (Å²) in [6.07, 6.45) is 3.67. The molecule has 0 atom stereocenters. The van der Waals surface area contributed by atoms with E-state index in [1.54, 1.807) is 0 Å². The Morgan fingerprint density at radius 2 is 2.14 bits per heavy atom. The average molecular weight is 306 g/mol. The first-order valence-corrected chi connectivity index (χ1v) is 8.13. The van der Waals surface area contributed by atoms with E-state index >= 15 is 0 Å². The standard InChI is InChI=1S/C17H26N2OS/c1-17(2)9-5-10-19(13-17)11-6-12-20-15-8-4-3-7-14(15)16(18)21/h3-4,7-8H,5-6,9-13H2,1-2H3,(H2,18,21). The first-order valence-electron chi connectivity index (χ1n) is 7.72. The molecule has 0 unspecified atom stereocenters. The number of piperidine rings is 1. The zero-order chi connectivity index (χ0) is 15.3. The molecule has 1 fully saturated rings. The first-order chi connectivity index (χ1) is 9.98. The monoisotopic (exact) mass is 306 g/mol. The normalized spacial score (nSPS) is 18.4. The number of ether oxygens (including phenoxy) is 1. The van der Waals surface area contributed by atoms with Gasteiger partial charge >= 0.3 is 0 Å². The molecule has 0 aliphatic carbocycles. The van der Waals surface area contributed by atoms with Gasteiger partial charge in [0.2, 0.25) is 0 Å². The minimum absolute atomic E-state index is 0.392. The minimum Gasteiger partial charge on any atom is -0.493 e. The van der Waals surface area contributed by atoms with Gasteiger partial charge in [-0.25, -0.2) is 0 Å². The number of hydrogen-bond acceptors (Lipinski definition) is 3. The molecule has 21 heavy (non-hydrogen) atoms. The third-order valence-electron chi connectivity index (χ3n) is 4.01. The van der Waals surface area contributed by atoms with E-state index < -0.39 is 0 Å². The molecule has 0 aromatic heterocycles. The molecule has 0 bridgehead atoms. The van der Waals surface area contributed by atoms with Gasteiger partial charge in [-0.1, -0.05) is 38.2 Å². The molecule has 116 valence electrons. The van der Waals surface area contributed by atoms with Crippen molar-refractivity contribution < 1.29 is 4.74 Å². The molecule has 1 saturated heterocycles. The molecule has 2 N–H and O–H groups in total. The lowest BCUT2D eigenvalue weighted by Gasteiger charge is -2.38. The summed E-state index contributed by atoms with van der Waals surface area (Å²) in [7, 11) is 0. The highest BCUT2D eigenvalue weighted by atomic mass is 32.1. The van der Waals surface area contributed by atoms with E-state index in [9.17, 15) is 0 Å². The topological polar surface area (TPSA) is 38.5 Å². The van der Waals surface area contributed by atoms with E-state index in [1.165, 1.54) is 25.9 Å². The number of nitrogens with two attached hydrogens (primary N) is 1. The summed E-state index contributed by atoms with van der Waals surface area (Å²) in [6.45, 7) is 8.92. The maximum atomic E-state index is 5.85. The third kappa shape index (κ3) is 4.97. The van der Waals surface area contributed by atoms with Crippen molar-refractivity contribution >= 4 is 17.2 Å². The van der Waals surface area contributed by atoms with Gasteiger partial charge in [0.05, 0.1) is 12.2 Å². The van der Waals surface area contributed by atoms with Gasteiger partial charge in [-0.15, -0.1) is 0 Å². The molecule has 1 aliphatic heterocycles. The van der Waals surface area contributed by atoms with Gasteiger partial charge in [0, 0.05) is 13.1 Å². The molecular formula is C17H26N2OS. The van der Waals surface area contributed by atoms with Crippen molar-refractivity contribution in [2.45, 2.75) is 33.1 Å². The minimum atomic E-state index is 0.392. The Morgan fingerprint density at radius 3 is 2.86 bits per heavy atom. The fourth-order valence-corrected chi connectivity index (χ4v) is 3.17. The zero-order valence-electron chi connectivity index (χ0n) is 13.1. The Hall–Kier alpha value is -1.13. The van der Waals surface area contributed by atoms with Crippen LogP contribution in [0.3, 0.4) is 0 Å². The molecule has 1 aromatic rings. The van der Waals surface area contributed by atoms with Gasteiger partial charge in [-0.05, 0) is 43.4 Å². The molecular weight excluding hydrogens is 280 g/mol. The van der Waals surface area contributed by atoms with E-state index in [-0.39, 0.29) is 0 Å². The number of benzene rings is 1. The molecule has 0 spiro atoms. The van der Waals surface area contributed by atoms with Gasteiger partial charge in [-0.3, -0.25) is 0 Å². The SMILES string of the molecule is CC1(C)CCCN(CCCOc2ccccc2C(N)=S)C1. The molecule has 0 saturated carbocycles. The van der Waals surface area contributed by atoms with E-state index in [1.807, 2.05) is 24.3 Å². The van der Waals surface area contributed by atoms with Crippen molar-refractivity contribution in [3.63, 3.8) is 0 Å². The second-order valence-electron chi connectivity index (χ2n) is 6.61. The summed E-state index contributed by atoms with van der Waals surface area (Å²) in [4.78, 5) is 2.94. The van der Waals surface area contributed by atoms with Crippen LogP contribution in [-0.2, 0) is 0 Å². The van der Waals surface area contributed by atoms with Crippen LogP contribution in [0.2, 0.25) is 0 Å². The Kier molecular flexibility index (Phi) is 5.59. The van der Waals surface area contributed by atoms with Crippen LogP contribution in [-0.4, -0.2) is 36.1 Å². The van der Waals surface area contributed by atoms with Crippen LogP contribution in [0, 0.1) is 5.41 Å². The van der Waals surface area contributed by atoms with Crippen LogP contribution in [0.5, 0.6) is 5.75 Å². The fourth-order valence-electron chi connectivity index (χ4n) is 3.00. The number of nitrogens with zero attached hydrogens (tertiary/aromatic N) is 1. The molecule has 0 radical (unpaired) electrons. The predicted molar refractivity (Wildman–Crippen MR) is 91.9 cm³/mol. The Labute approximate surface area is 133 Å². The molecule has 1 aliphatic rings. The van der Waals surface area contributed by atoms with Crippen LogP contribution in [0.4, 0.5) is 0 Å². The van der Waals surface area contributed by atoms with Crippen molar-refractivity contribution in [3.8, 4) is 5.75 Å². The van der Waals surface area contributed by atoms with Gasteiger partial charge in [0.1, 0.15) is 10.7 Å². The quantitative estimate of drug-likeness (QED) is 0.647. The number of rotatable bonds is 6. The van der Waals surface area contributed by atoms with E-state index in [0.29, 0.717) is 17.0 Å². The highest BCUT2D eigenvalue weighted by molar-refractivity contribution is 7.80. The van der Waals surface area contributed by atoms with E-state index in [2.05, 4.69) is 18.7 Å². The van der Waals surface area contributed by atoms with E-state index in [4.69, 9.17) is 22.7 Å². The van der Waals surface area contributed by atoms with Crippen molar-refractivity contribution in [3.05, 3.63) is 29.8 Å². The van der Waals surface area contributed by atoms with Crippen molar-refractivity contribution in [1.29, 1.82) is 0 Å². The molecule has 4 heteroatoms.